The average Bonchev–Trinajstić information content (AvgIpc) is 3.07. The number of hydrogen-bond donors (Lipinski definition) is 2. The lowest BCUT2D eigenvalue weighted by atomic mass is 9.95. The molecule has 1 saturated heterocycles. The molecule has 1 amide bonds. The van der Waals surface area contributed by atoms with Crippen LogP contribution in [0.1, 0.15) is 37.8 Å². The summed E-state index contributed by atoms with van der Waals surface area (Å²) in [6.45, 7) is 2.15. The Morgan fingerprint density at radius 1 is 1.37 bits per heavy atom. The lowest BCUT2D eigenvalue weighted by Crippen LogP contribution is -2.50. The Morgan fingerprint density at radius 2 is 2.11 bits per heavy atom. The molecule has 2 aliphatic rings. The van der Waals surface area contributed by atoms with Gasteiger partial charge in [-0.2, -0.15) is 0 Å². The number of hydrogen-bond acceptors (Lipinski definition) is 3. The number of hydroxylamine groups is 1. The minimum Gasteiger partial charge on any atom is -0.289 e. The molecule has 1 unspecified atom stereocenters. The number of rotatable bonds is 3. The molecule has 1 saturated carbocycles. The third-order valence-electron chi connectivity index (χ3n) is 4.74. The Hall–Kier alpha value is -1.39. The van der Waals surface area contributed by atoms with Crippen molar-refractivity contribution in [2.24, 2.45) is 5.92 Å². The molecule has 4 heteroatoms. The Bertz CT molecular complexity index is 462. The van der Waals surface area contributed by atoms with E-state index in [2.05, 4.69) is 24.0 Å². The number of carbonyl (C=O) groups is 1. The van der Waals surface area contributed by atoms with Crippen molar-refractivity contribution < 1.29 is 10.0 Å². The smallest absolute Gasteiger partial charge is 0.260 e. The van der Waals surface area contributed by atoms with Crippen molar-refractivity contribution in [3.05, 3.63) is 35.9 Å². The van der Waals surface area contributed by atoms with Crippen molar-refractivity contribution in [3.63, 3.8) is 0 Å². The van der Waals surface area contributed by atoms with Crippen molar-refractivity contribution in [1.29, 1.82) is 0 Å². The van der Waals surface area contributed by atoms with E-state index in [1.165, 1.54) is 5.56 Å². The van der Waals surface area contributed by atoms with E-state index in [0.717, 1.165) is 19.3 Å². The molecule has 4 atom stereocenters. The maximum absolute atomic E-state index is 11.9. The Morgan fingerprint density at radius 3 is 2.79 bits per heavy atom. The van der Waals surface area contributed by atoms with Gasteiger partial charge in [0.1, 0.15) is 0 Å². The predicted molar refractivity (Wildman–Crippen MR) is 71.5 cm³/mol. The van der Waals surface area contributed by atoms with Gasteiger partial charge in [-0.15, -0.1) is 0 Å². The Labute approximate surface area is 113 Å². The van der Waals surface area contributed by atoms with Crippen molar-refractivity contribution in [2.45, 2.75) is 44.3 Å². The summed E-state index contributed by atoms with van der Waals surface area (Å²) in [5.41, 5.74) is 3.08. The van der Waals surface area contributed by atoms with Crippen LogP contribution in [0.5, 0.6) is 0 Å². The molecule has 0 aromatic heterocycles. The molecule has 4 nitrogen and oxygen atoms in total. The molecule has 1 aromatic carbocycles. The number of nitrogens with one attached hydrogen (secondary N) is 1. The first kappa shape index (κ1) is 12.6. The summed E-state index contributed by atoms with van der Waals surface area (Å²) in [4.78, 5) is 14.2. The van der Waals surface area contributed by atoms with E-state index < -0.39 is 0 Å². The van der Waals surface area contributed by atoms with Crippen LogP contribution in [-0.2, 0) is 4.79 Å². The standard InChI is InChI=1S/C15H20N2O2/c1-10(11-5-3-2-4-6-11)17-13-8-7-12(9-13)14(17)15(18)16-19/h2-6,10,12-14,19H,7-9H2,1H3,(H,16,18)/t10-,12?,13-,14+/m0/s1. The van der Waals surface area contributed by atoms with Gasteiger partial charge in [0.15, 0.2) is 0 Å². The van der Waals surface area contributed by atoms with Crippen LogP contribution in [0.15, 0.2) is 30.3 Å². The highest BCUT2D eigenvalue weighted by molar-refractivity contribution is 5.81. The molecule has 2 fully saturated rings. The van der Waals surface area contributed by atoms with Gasteiger partial charge in [-0.25, -0.2) is 5.48 Å². The van der Waals surface area contributed by atoms with E-state index in [1.54, 1.807) is 0 Å². The molecule has 1 heterocycles. The van der Waals surface area contributed by atoms with Crippen molar-refractivity contribution >= 4 is 5.91 Å². The van der Waals surface area contributed by atoms with E-state index >= 15 is 0 Å². The maximum atomic E-state index is 11.9. The van der Waals surface area contributed by atoms with Crippen molar-refractivity contribution in [2.75, 3.05) is 0 Å². The second-order valence-electron chi connectivity index (χ2n) is 5.68. The van der Waals surface area contributed by atoms with E-state index in [4.69, 9.17) is 5.21 Å². The number of amides is 1. The number of piperidine rings is 1. The van der Waals surface area contributed by atoms with Crippen LogP contribution in [0.3, 0.4) is 0 Å². The molecule has 2 bridgehead atoms. The number of benzene rings is 1. The van der Waals surface area contributed by atoms with E-state index in [9.17, 15) is 4.79 Å². The molecule has 1 aliphatic carbocycles. The van der Waals surface area contributed by atoms with Crippen LogP contribution < -0.4 is 5.48 Å². The van der Waals surface area contributed by atoms with Crippen LogP contribution in [-0.4, -0.2) is 28.1 Å². The highest BCUT2D eigenvalue weighted by atomic mass is 16.5. The van der Waals surface area contributed by atoms with Gasteiger partial charge in [0.25, 0.3) is 5.91 Å². The molecule has 2 N–H and O–H groups in total. The average molecular weight is 260 g/mol. The van der Waals surface area contributed by atoms with E-state index in [1.807, 2.05) is 23.7 Å². The van der Waals surface area contributed by atoms with Gasteiger partial charge in [-0.3, -0.25) is 14.9 Å². The third-order valence-corrected chi connectivity index (χ3v) is 4.74. The number of nitrogens with zero attached hydrogens (tertiary/aromatic N) is 1. The monoisotopic (exact) mass is 260 g/mol. The molecule has 102 valence electrons. The van der Waals surface area contributed by atoms with Crippen molar-refractivity contribution in [3.8, 4) is 0 Å². The zero-order valence-electron chi connectivity index (χ0n) is 11.1. The fourth-order valence-corrected chi connectivity index (χ4v) is 3.90. The third kappa shape index (κ3) is 2.05. The molecule has 1 aliphatic heterocycles. The highest BCUT2D eigenvalue weighted by Crippen LogP contribution is 2.46. The van der Waals surface area contributed by atoms with Gasteiger partial charge in [0.2, 0.25) is 0 Å². The van der Waals surface area contributed by atoms with Crippen molar-refractivity contribution in [1.82, 2.24) is 10.4 Å². The summed E-state index contributed by atoms with van der Waals surface area (Å²) in [6.07, 6.45) is 3.34. The second-order valence-corrected chi connectivity index (χ2v) is 5.68. The van der Waals surface area contributed by atoms with Gasteiger partial charge in [-0.05, 0) is 37.7 Å². The van der Waals surface area contributed by atoms with Crippen LogP contribution in [0.25, 0.3) is 0 Å². The Kier molecular flexibility index (Phi) is 3.29. The molecule has 3 rings (SSSR count). The minimum absolute atomic E-state index is 0.182. The van der Waals surface area contributed by atoms with Crippen LogP contribution in [0.2, 0.25) is 0 Å². The summed E-state index contributed by atoms with van der Waals surface area (Å²) in [7, 11) is 0. The first-order valence-corrected chi connectivity index (χ1v) is 6.98. The summed E-state index contributed by atoms with van der Waals surface area (Å²) in [5, 5.41) is 8.97. The Balaban J connectivity index is 1.87. The van der Waals surface area contributed by atoms with Crippen LogP contribution in [0.4, 0.5) is 0 Å². The van der Waals surface area contributed by atoms with E-state index in [-0.39, 0.29) is 18.0 Å². The molecule has 0 spiro atoms. The maximum Gasteiger partial charge on any atom is 0.260 e. The van der Waals surface area contributed by atoms with Gasteiger partial charge in [0, 0.05) is 12.1 Å². The van der Waals surface area contributed by atoms with Gasteiger partial charge < -0.3 is 0 Å². The summed E-state index contributed by atoms with van der Waals surface area (Å²) in [5.74, 6) is 0.137. The van der Waals surface area contributed by atoms with Crippen LogP contribution >= 0.6 is 0 Å². The molecular formula is C15H20N2O2. The molecular weight excluding hydrogens is 240 g/mol. The second kappa shape index (κ2) is 4.94. The number of fused-ring (bicyclic) bond motifs is 2. The molecule has 19 heavy (non-hydrogen) atoms. The fourth-order valence-electron chi connectivity index (χ4n) is 3.90. The van der Waals surface area contributed by atoms with Gasteiger partial charge >= 0.3 is 0 Å². The number of carbonyl (C=O) groups excluding carboxylic acids is 1. The fraction of sp³-hybridized carbons (Fsp3) is 0.533. The first-order chi connectivity index (χ1) is 9.22. The van der Waals surface area contributed by atoms with Gasteiger partial charge in [0.05, 0.1) is 6.04 Å². The lowest BCUT2D eigenvalue weighted by molar-refractivity contribution is -0.137. The normalized spacial score (nSPS) is 31.4. The zero-order chi connectivity index (χ0) is 13.4. The summed E-state index contributed by atoms with van der Waals surface area (Å²) in [6, 6.07) is 10.8. The minimum atomic E-state index is -0.255. The SMILES string of the molecule is C[C@@H](c1ccccc1)N1[C@H]2CCC(C2)[C@@H]1C(=O)NO. The van der Waals surface area contributed by atoms with E-state index in [0.29, 0.717) is 12.0 Å². The first-order valence-electron chi connectivity index (χ1n) is 6.98. The lowest BCUT2D eigenvalue weighted by Gasteiger charge is -2.38. The topological polar surface area (TPSA) is 52.6 Å². The molecule has 0 radical (unpaired) electrons. The van der Waals surface area contributed by atoms with Gasteiger partial charge in [-0.1, -0.05) is 30.3 Å². The highest BCUT2D eigenvalue weighted by Gasteiger charge is 2.50. The molecule has 1 aromatic rings. The quantitative estimate of drug-likeness (QED) is 0.646. The summed E-state index contributed by atoms with van der Waals surface area (Å²) >= 11 is 0. The summed E-state index contributed by atoms with van der Waals surface area (Å²) < 4.78 is 0. The largest absolute Gasteiger partial charge is 0.289 e. The number of likely N-dealkylation sites (tertiary alicyclic amines) is 1. The van der Waals surface area contributed by atoms with Crippen LogP contribution in [0, 0.1) is 5.92 Å². The zero-order valence-corrected chi connectivity index (χ0v) is 11.1. The predicted octanol–water partition coefficient (Wildman–Crippen LogP) is 2.11.